The van der Waals surface area contributed by atoms with Gasteiger partial charge >= 0.3 is 0 Å². The highest BCUT2D eigenvalue weighted by Gasteiger charge is 2.34. The minimum absolute atomic E-state index is 0.0498. The van der Waals surface area contributed by atoms with Gasteiger partial charge in [-0.2, -0.15) is 0 Å². The molecule has 1 N–H and O–H groups in total. The van der Waals surface area contributed by atoms with Crippen LogP contribution < -0.4 is 14.5 Å². The molecular weight excluding hydrogens is 342 g/mol. The Morgan fingerprint density at radius 1 is 1.04 bits per heavy atom. The highest BCUT2D eigenvalue weighted by Crippen LogP contribution is 2.36. The van der Waals surface area contributed by atoms with E-state index in [0.29, 0.717) is 17.1 Å². The summed E-state index contributed by atoms with van der Waals surface area (Å²) in [5.41, 5.74) is 1.49. The van der Waals surface area contributed by atoms with Crippen molar-refractivity contribution in [2.75, 3.05) is 28.1 Å². The van der Waals surface area contributed by atoms with Crippen molar-refractivity contribution in [3.63, 3.8) is 0 Å². The maximum Gasteiger partial charge on any atom is 0.264 e. The molecule has 0 aromatic heterocycles. The summed E-state index contributed by atoms with van der Waals surface area (Å²) in [5, 5.41) is 2.58. The van der Waals surface area contributed by atoms with Gasteiger partial charge < -0.3 is 10.2 Å². The Hall–Kier alpha value is -2.87. The third kappa shape index (κ3) is 3.08. The quantitative estimate of drug-likeness (QED) is 0.906. The van der Waals surface area contributed by atoms with Crippen molar-refractivity contribution in [2.24, 2.45) is 0 Å². The number of benzene rings is 2. The molecular formula is C17H17N3O4S. The molecule has 0 spiro atoms. The zero-order chi connectivity index (χ0) is 18.2. The van der Waals surface area contributed by atoms with Crippen LogP contribution in [0.5, 0.6) is 0 Å². The standard InChI is InChI=1S/C17H17N3O4S/c1-12(21)18-13-7-9-14(10-8-13)25(23,24)20-11-17(22)19(2)15-5-3-4-6-16(15)20/h3-10H,11H2,1-2H3,(H,18,21). The van der Waals surface area contributed by atoms with Gasteiger partial charge in [0.25, 0.3) is 10.0 Å². The summed E-state index contributed by atoms with van der Waals surface area (Å²) < 4.78 is 27.1. The average molecular weight is 359 g/mol. The fourth-order valence-electron chi connectivity index (χ4n) is 2.66. The molecule has 0 fully saturated rings. The Morgan fingerprint density at radius 3 is 2.24 bits per heavy atom. The zero-order valence-corrected chi connectivity index (χ0v) is 14.6. The number of fused-ring (bicyclic) bond motifs is 1. The number of hydrogen-bond donors (Lipinski definition) is 1. The first-order valence-corrected chi connectivity index (χ1v) is 9.00. The van der Waals surface area contributed by atoms with Gasteiger partial charge in [0.1, 0.15) is 6.54 Å². The molecule has 0 radical (unpaired) electrons. The largest absolute Gasteiger partial charge is 0.326 e. The fraction of sp³-hybridized carbons (Fsp3) is 0.176. The minimum Gasteiger partial charge on any atom is -0.326 e. The molecule has 2 aromatic rings. The van der Waals surface area contributed by atoms with Gasteiger partial charge in [-0.15, -0.1) is 0 Å². The number of hydrogen-bond acceptors (Lipinski definition) is 4. The van der Waals surface area contributed by atoms with E-state index in [1.54, 1.807) is 31.3 Å². The number of carbonyl (C=O) groups excluding carboxylic acids is 2. The molecule has 0 saturated heterocycles. The maximum atomic E-state index is 13.0. The van der Waals surface area contributed by atoms with E-state index < -0.39 is 10.0 Å². The second kappa shape index (κ2) is 6.21. The first-order chi connectivity index (χ1) is 11.8. The smallest absolute Gasteiger partial charge is 0.264 e. The summed E-state index contributed by atoms with van der Waals surface area (Å²) >= 11 is 0. The lowest BCUT2D eigenvalue weighted by Crippen LogP contribution is -2.46. The van der Waals surface area contributed by atoms with Crippen LogP contribution in [0.4, 0.5) is 17.1 Å². The predicted octanol–water partition coefficient (Wildman–Crippen LogP) is 1.82. The second-order valence-electron chi connectivity index (χ2n) is 5.66. The summed E-state index contributed by atoms with van der Waals surface area (Å²) in [6.07, 6.45) is 0. The number of anilines is 3. The van der Waals surface area contributed by atoms with Gasteiger partial charge in [-0.1, -0.05) is 12.1 Å². The zero-order valence-electron chi connectivity index (χ0n) is 13.8. The number of carbonyl (C=O) groups is 2. The highest BCUT2D eigenvalue weighted by molar-refractivity contribution is 7.92. The Balaban J connectivity index is 2.01. The fourth-order valence-corrected chi connectivity index (χ4v) is 4.09. The average Bonchev–Trinajstić information content (AvgIpc) is 2.58. The Morgan fingerprint density at radius 2 is 1.64 bits per heavy atom. The molecule has 0 bridgehead atoms. The van der Waals surface area contributed by atoms with Crippen LogP contribution in [0.2, 0.25) is 0 Å². The van der Waals surface area contributed by atoms with E-state index >= 15 is 0 Å². The molecule has 25 heavy (non-hydrogen) atoms. The van der Waals surface area contributed by atoms with Crippen LogP contribution in [-0.4, -0.2) is 33.8 Å². The second-order valence-corrected chi connectivity index (χ2v) is 7.52. The van der Waals surface area contributed by atoms with Gasteiger partial charge in [-0.05, 0) is 36.4 Å². The van der Waals surface area contributed by atoms with Crippen LogP contribution in [0.15, 0.2) is 53.4 Å². The van der Waals surface area contributed by atoms with Gasteiger partial charge in [0.2, 0.25) is 11.8 Å². The van der Waals surface area contributed by atoms with Crippen molar-refractivity contribution in [3.8, 4) is 0 Å². The number of nitrogens with zero attached hydrogens (tertiary/aromatic N) is 2. The topological polar surface area (TPSA) is 86.8 Å². The highest BCUT2D eigenvalue weighted by atomic mass is 32.2. The first kappa shape index (κ1) is 17.0. The third-order valence-corrected chi connectivity index (χ3v) is 5.70. The molecule has 3 rings (SSSR count). The summed E-state index contributed by atoms with van der Waals surface area (Å²) in [4.78, 5) is 24.8. The number of rotatable bonds is 3. The SMILES string of the molecule is CC(=O)Nc1ccc(S(=O)(=O)N2CC(=O)N(C)c3ccccc32)cc1. The molecule has 1 aliphatic heterocycles. The van der Waals surface area contributed by atoms with Crippen LogP contribution >= 0.6 is 0 Å². The molecule has 8 heteroatoms. The summed E-state index contributed by atoms with van der Waals surface area (Å²) in [5.74, 6) is -0.550. The molecule has 0 aliphatic carbocycles. The van der Waals surface area contributed by atoms with E-state index in [9.17, 15) is 18.0 Å². The number of amides is 2. The lowest BCUT2D eigenvalue weighted by atomic mass is 10.2. The van der Waals surface area contributed by atoms with E-state index in [1.807, 2.05) is 0 Å². The molecule has 0 saturated carbocycles. The first-order valence-electron chi connectivity index (χ1n) is 7.56. The Labute approximate surface area is 145 Å². The molecule has 130 valence electrons. The van der Waals surface area contributed by atoms with Gasteiger partial charge in [-0.25, -0.2) is 8.42 Å². The minimum atomic E-state index is -3.90. The summed E-state index contributed by atoms with van der Waals surface area (Å²) in [7, 11) is -2.29. The Bertz CT molecular complexity index is 939. The third-order valence-electron chi connectivity index (χ3n) is 3.93. The van der Waals surface area contributed by atoms with Gasteiger partial charge in [0, 0.05) is 19.7 Å². The van der Waals surface area contributed by atoms with E-state index in [4.69, 9.17) is 0 Å². The van der Waals surface area contributed by atoms with Crippen LogP contribution in [0.3, 0.4) is 0 Å². The number of likely N-dealkylation sites (N-methyl/N-ethyl adjacent to an activating group) is 1. The van der Waals surface area contributed by atoms with Crippen LogP contribution in [0, 0.1) is 0 Å². The van der Waals surface area contributed by atoms with Crippen LogP contribution in [-0.2, 0) is 19.6 Å². The molecule has 1 heterocycles. The lowest BCUT2D eigenvalue weighted by molar-refractivity contribution is -0.117. The molecule has 0 unspecified atom stereocenters. The van der Waals surface area contributed by atoms with Gasteiger partial charge in [-0.3, -0.25) is 13.9 Å². The molecule has 7 nitrogen and oxygen atoms in total. The molecule has 0 atom stereocenters. The number of nitrogens with one attached hydrogen (secondary N) is 1. The van der Waals surface area contributed by atoms with Crippen LogP contribution in [0.1, 0.15) is 6.92 Å². The monoisotopic (exact) mass is 359 g/mol. The van der Waals surface area contributed by atoms with Crippen molar-refractivity contribution < 1.29 is 18.0 Å². The van der Waals surface area contributed by atoms with Crippen molar-refractivity contribution in [1.29, 1.82) is 0 Å². The molecule has 1 aliphatic rings. The summed E-state index contributed by atoms with van der Waals surface area (Å²) in [6.45, 7) is 1.11. The lowest BCUT2D eigenvalue weighted by Gasteiger charge is -2.34. The van der Waals surface area contributed by atoms with Crippen molar-refractivity contribution in [3.05, 3.63) is 48.5 Å². The van der Waals surface area contributed by atoms with E-state index in [0.717, 1.165) is 4.31 Å². The Kier molecular flexibility index (Phi) is 4.22. The van der Waals surface area contributed by atoms with Gasteiger partial charge in [0.05, 0.1) is 16.3 Å². The molecule has 2 amide bonds. The van der Waals surface area contributed by atoms with E-state index in [1.165, 1.54) is 36.1 Å². The summed E-state index contributed by atoms with van der Waals surface area (Å²) in [6, 6.07) is 12.7. The normalized spacial score (nSPS) is 14.2. The maximum absolute atomic E-state index is 13.0. The van der Waals surface area contributed by atoms with Crippen LogP contribution in [0.25, 0.3) is 0 Å². The predicted molar refractivity (Wildman–Crippen MR) is 95.1 cm³/mol. The van der Waals surface area contributed by atoms with E-state index in [2.05, 4.69) is 5.32 Å². The number of sulfonamides is 1. The van der Waals surface area contributed by atoms with Gasteiger partial charge in [0.15, 0.2) is 0 Å². The van der Waals surface area contributed by atoms with Crippen molar-refractivity contribution in [1.82, 2.24) is 0 Å². The number of para-hydroxylation sites is 2. The van der Waals surface area contributed by atoms with Crippen molar-refractivity contribution >= 4 is 38.9 Å². The van der Waals surface area contributed by atoms with Crippen molar-refractivity contribution in [2.45, 2.75) is 11.8 Å². The molecule has 2 aromatic carbocycles. The van der Waals surface area contributed by atoms with E-state index in [-0.39, 0.29) is 23.3 Å².